The fourth-order valence-corrected chi connectivity index (χ4v) is 3.04. The first-order chi connectivity index (χ1) is 10.1. The van der Waals surface area contributed by atoms with Crippen LogP contribution in [-0.2, 0) is 9.47 Å². The Morgan fingerprint density at radius 1 is 1.29 bits per heavy atom. The number of benzene rings is 1. The van der Waals surface area contributed by atoms with E-state index < -0.39 is 17.2 Å². The van der Waals surface area contributed by atoms with Crippen LogP contribution in [0.3, 0.4) is 0 Å². The summed E-state index contributed by atoms with van der Waals surface area (Å²) in [6, 6.07) is 3.19. The predicted octanol–water partition coefficient (Wildman–Crippen LogP) is 3.20. The van der Waals surface area contributed by atoms with Crippen LogP contribution in [0.25, 0.3) is 0 Å². The Hall–Kier alpha value is -1.04. The molecule has 1 N–H and O–H groups in total. The van der Waals surface area contributed by atoms with E-state index in [1.165, 1.54) is 12.1 Å². The van der Waals surface area contributed by atoms with E-state index in [1.54, 1.807) is 0 Å². The molecule has 1 unspecified atom stereocenters. The summed E-state index contributed by atoms with van der Waals surface area (Å²) >= 11 is 0. The van der Waals surface area contributed by atoms with Crippen LogP contribution in [0.2, 0.25) is 0 Å². The lowest BCUT2D eigenvalue weighted by Crippen LogP contribution is -2.50. The normalized spacial score (nSPS) is 19.4. The van der Waals surface area contributed by atoms with Crippen molar-refractivity contribution in [3.05, 3.63) is 35.4 Å². The molecule has 118 valence electrons. The minimum Gasteiger partial charge on any atom is -0.381 e. The van der Waals surface area contributed by atoms with Crippen LogP contribution in [0.1, 0.15) is 38.3 Å². The monoisotopic (exact) mass is 299 g/mol. The Kier molecular flexibility index (Phi) is 5.67. The summed E-state index contributed by atoms with van der Waals surface area (Å²) in [5.74, 6) is -0.846. The zero-order chi connectivity index (χ0) is 15.3. The largest absolute Gasteiger partial charge is 0.381 e. The average molecular weight is 299 g/mol. The van der Waals surface area contributed by atoms with Gasteiger partial charge in [-0.25, -0.2) is 8.78 Å². The predicted molar refractivity (Wildman–Crippen MR) is 77.2 cm³/mol. The van der Waals surface area contributed by atoms with Gasteiger partial charge in [0.2, 0.25) is 0 Å². The summed E-state index contributed by atoms with van der Waals surface area (Å²) in [5, 5.41) is 3.28. The molecule has 0 amide bonds. The summed E-state index contributed by atoms with van der Waals surface area (Å²) in [5.41, 5.74) is -0.232. The van der Waals surface area contributed by atoms with Gasteiger partial charge in [-0.2, -0.15) is 0 Å². The van der Waals surface area contributed by atoms with Gasteiger partial charge in [0.05, 0.1) is 11.6 Å². The van der Waals surface area contributed by atoms with E-state index in [9.17, 15) is 8.78 Å². The summed E-state index contributed by atoms with van der Waals surface area (Å²) in [4.78, 5) is 0. The maximum atomic E-state index is 14.2. The molecule has 0 bridgehead atoms. The van der Waals surface area contributed by atoms with Crippen molar-refractivity contribution in [1.29, 1.82) is 0 Å². The van der Waals surface area contributed by atoms with E-state index in [4.69, 9.17) is 9.47 Å². The van der Waals surface area contributed by atoms with Crippen molar-refractivity contribution < 1.29 is 18.3 Å². The summed E-state index contributed by atoms with van der Waals surface area (Å²) in [7, 11) is 0. The van der Waals surface area contributed by atoms with Gasteiger partial charge in [-0.1, -0.05) is 6.92 Å². The molecule has 21 heavy (non-hydrogen) atoms. The molecule has 1 heterocycles. The quantitative estimate of drug-likeness (QED) is 0.875. The third-order valence-electron chi connectivity index (χ3n) is 3.97. The van der Waals surface area contributed by atoms with Gasteiger partial charge in [-0.05, 0) is 31.7 Å². The van der Waals surface area contributed by atoms with Gasteiger partial charge in [0.25, 0.3) is 0 Å². The average Bonchev–Trinajstić information content (AvgIpc) is 2.49. The lowest BCUT2D eigenvalue weighted by molar-refractivity contribution is -0.128. The van der Waals surface area contributed by atoms with Gasteiger partial charge in [-0.3, -0.25) is 0 Å². The number of likely N-dealkylation sites (N-methyl/N-ethyl adjacent to an activating group) is 1. The van der Waals surface area contributed by atoms with E-state index in [0.29, 0.717) is 44.8 Å². The lowest BCUT2D eigenvalue weighted by Gasteiger charge is -2.43. The zero-order valence-electron chi connectivity index (χ0n) is 12.6. The van der Waals surface area contributed by atoms with Crippen molar-refractivity contribution in [1.82, 2.24) is 5.32 Å². The Bertz CT molecular complexity index is 456. The van der Waals surface area contributed by atoms with Gasteiger partial charge in [0.15, 0.2) is 0 Å². The maximum absolute atomic E-state index is 14.2. The number of ether oxygens (including phenoxy) is 2. The van der Waals surface area contributed by atoms with Crippen LogP contribution < -0.4 is 5.32 Å². The smallest absolute Gasteiger partial charge is 0.128 e. The Balaban J connectivity index is 2.41. The summed E-state index contributed by atoms with van der Waals surface area (Å²) in [6.07, 6.45) is 1.32. The third kappa shape index (κ3) is 3.59. The van der Waals surface area contributed by atoms with Crippen LogP contribution in [0, 0.1) is 11.6 Å². The van der Waals surface area contributed by atoms with Crippen molar-refractivity contribution in [3.8, 4) is 0 Å². The molecule has 1 saturated heterocycles. The van der Waals surface area contributed by atoms with E-state index in [0.717, 1.165) is 6.07 Å². The van der Waals surface area contributed by atoms with Crippen LogP contribution in [0.15, 0.2) is 18.2 Å². The molecule has 0 spiro atoms. The first-order valence-corrected chi connectivity index (χ1v) is 7.53. The number of hydrogen-bond donors (Lipinski definition) is 1. The summed E-state index contributed by atoms with van der Waals surface area (Å²) < 4.78 is 39.2. The Labute approximate surface area is 124 Å². The fourth-order valence-electron chi connectivity index (χ4n) is 3.04. The van der Waals surface area contributed by atoms with Gasteiger partial charge in [-0.15, -0.1) is 0 Å². The molecule has 0 aliphatic carbocycles. The Morgan fingerprint density at radius 3 is 2.62 bits per heavy atom. The number of nitrogens with one attached hydrogen (secondary N) is 1. The molecule has 3 nitrogen and oxygen atoms in total. The molecule has 1 aromatic carbocycles. The highest BCUT2D eigenvalue weighted by molar-refractivity contribution is 5.26. The van der Waals surface area contributed by atoms with Gasteiger partial charge in [0, 0.05) is 38.2 Å². The number of hydrogen-bond acceptors (Lipinski definition) is 3. The van der Waals surface area contributed by atoms with E-state index in [-0.39, 0.29) is 6.04 Å². The van der Waals surface area contributed by atoms with Gasteiger partial charge >= 0.3 is 0 Å². The molecular formula is C16H23F2NO2. The molecule has 0 radical (unpaired) electrons. The second-order valence-electron chi connectivity index (χ2n) is 5.27. The first-order valence-electron chi connectivity index (χ1n) is 7.53. The van der Waals surface area contributed by atoms with Gasteiger partial charge in [0.1, 0.15) is 11.6 Å². The highest BCUT2D eigenvalue weighted by Crippen LogP contribution is 2.39. The molecule has 1 aliphatic heterocycles. The van der Waals surface area contributed by atoms with Crippen LogP contribution in [0.5, 0.6) is 0 Å². The topological polar surface area (TPSA) is 30.5 Å². The highest BCUT2D eigenvalue weighted by atomic mass is 19.1. The third-order valence-corrected chi connectivity index (χ3v) is 3.97. The molecule has 1 atom stereocenters. The summed E-state index contributed by atoms with van der Waals surface area (Å²) in [6.45, 7) is 6.18. The van der Waals surface area contributed by atoms with Crippen molar-refractivity contribution >= 4 is 0 Å². The van der Waals surface area contributed by atoms with E-state index in [1.807, 2.05) is 13.8 Å². The van der Waals surface area contributed by atoms with Crippen LogP contribution in [0.4, 0.5) is 8.78 Å². The molecule has 1 aromatic rings. The molecule has 0 aromatic heterocycles. The highest BCUT2D eigenvalue weighted by Gasteiger charge is 2.42. The molecule has 1 fully saturated rings. The van der Waals surface area contributed by atoms with Crippen LogP contribution >= 0.6 is 0 Å². The van der Waals surface area contributed by atoms with Crippen LogP contribution in [-0.4, -0.2) is 32.0 Å². The molecular weight excluding hydrogens is 276 g/mol. The zero-order valence-corrected chi connectivity index (χ0v) is 12.6. The molecule has 2 rings (SSSR count). The second kappa shape index (κ2) is 7.29. The lowest BCUT2D eigenvalue weighted by atomic mass is 9.81. The van der Waals surface area contributed by atoms with Crippen molar-refractivity contribution in [2.24, 2.45) is 0 Å². The van der Waals surface area contributed by atoms with E-state index in [2.05, 4.69) is 5.32 Å². The minimum atomic E-state index is -0.558. The van der Waals surface area contributed by atoms with E-state index >= 15 is 0 Å². The van der Waals surface area contributed by atoms with Crippen molar-refractivity contribution in [2.75, 3.05) is 26.4 Å². The molecule has 5 heteroatoms. The first kappa shape index (κ1) is 16.3. The van der Waals surface area contributed by atoms with Crippen molar-refractivity contribution in [2.45, 2.75) is 38.3 Å². The fraction of sp³-hybridized carbons (Fsp3) is 0.625. The molecule has 1 aliphatic rings. The number of rotatable bonds is 6. The maximum Gasteiger partial charge on any atom is 0.128 e. The standard InChI is InChI=1S/C16H23F2NO2/c1-3-19-15(13-11-12(17)5-6-14(13)18)16(21-4-2)7-9-20-10-8-16/h5-6,11,15,19H,3-4,7-10H2,1-2H3. The molecule has 0 saturated carbocycles. The second-order valence-corrected chi connectivity index (χ2v) is 5.27. The minimum absolute atomic E-state index is 0.326. The Morgan fingerprint density at radius 2 is 2.00 bits per heavy atom. The van der Waals surface area contributed by atoms with Crippen molar-refractivity contribution in [3.63, 3.8) is 0 Å². The SMILES string of the molecule is CCNC(c1cc(F)ccc1F)C1(OCC)CCOCC1. The van der Waals surface area contributed by atoms with Gasteiger partial charge < -0.3 is 14.8 Å². The number of halogens is 2.